The van der Waals surface area contributed by atoms with E-state index in [-0.39, 0.29) is 6.61 Å². The van der Waals surface area contributed by atoms with Gasteiger partial charge in [0.05, 0.1) is 6.61 Å². The molecular formula is C17H40O6Si4. The molecule has 0 spiro atoms. The molecule has 0 bridgehead atoms. The van der Waals surface area contributed by atoms with Crippen LogP contribution in [0.4, 0.5) is 0 Å². The fourth-order valence-electron chi connectivity index (χ4n) is 2.37. The summed E-state index contributed by atoms with van der Waals surface area (Å²) in [6.07, 6.45) is 1.94. The Labute approximate surface area is 170 Å². The van der Waals surface area contributed by atoms with Crippen LogP contribution < -0.4 is 0 Å². The van der Waals surface area contributed by atoms with Crippen molar-refractivity contribution in [3.8, 4) is 0 Å². The van der Waals surface area contributed by atoms with Gasteiger partial charge >= 0.3 is 14.8 Å². The minimum absolute atomic E-state index is 0.232. The smallest absolute Gasteiger partial charge is 0.460 e. The first kappa shape index (κ1) is 26.9. The van der Waals surface area contributed by atoms with E-state index in [4.69, 9.17) is 21.8 Å². The van der Waals surface area contributed by atoms with Crippen molar-refractivity contribution in [2.75, 3.05) is 19.8 Å². The molecular weight excluding hydrogens is 413 g/mol. The van der Waals surface area contributed by atoms with E-state index < -0.39 is 39.7 Å². The molecule has 27 heavy (non-hydrogen) atoms. The number of ether oxygens (including phenoxy) is 2. The zero-order chi connectivity index (χ0) is 21.4. The summed E-state index contributed by atoms with van der Waals surface area (Å²) in [7, 11) is -8.31. The molecule has 0 rings (SSSR count). The van der Waals surface area contributed by atoms with Crippen LogP contribution >= 0.6 is 0 Å². The van der Waals surface area contributed by atoms with E-state index in [2.05, 4.69) is 65.5 Å². The molecule has 6 nitrogen and oxygen atoms in total. The third-order valence-corrected chi connectivity index (χ3v) is 14.8. The number of carbonyl (C=O) groups is 1. The van der Waals surface area contributed by atoms with E-state index in [1.165, 1.54) is 0 Å². The molecule has 0 fully saturated rings. The normalized spacial score (nSPS) is 13.5. The van der Waals surface area contributed by atoms with Crippen molar-refractivity contribution in [2.45, 2.75) is 71.4 Å². The van der Waals surface area contributed by atoms with Crippen molar-refractivity contribution in [1.82, 2.24) is 0 Å². The van der Waals surface area contributed by atoms with Crippen LogP contribution in [0.3, 0.4) is 0 Å². The van der Waals surface area contributed by atoms with Gasteiger partial charge in [-0.1, -0.05) is 6.58 Å². The number of esters is 1. The van der Waals surface area contributed by atoms with Crippen LogP contribution in [-0.2, 0) is 26.6 Å². The lowest BCUT2D eigenvalue weighted by Gasteiger charge is -2.42. The lowest BCUT2D eigenvalue weighted by molar-refractivity contribution is -0.139. The molecule has 0 aliphatic heterocycles. The van der Waals surface area contributed by atoms with Gasteiger partial charge in [-0.15, -0.1) is 0 Å². The van der Waals surface area contributed by atoms with Crippen molar-refractivity contribution in [3.05, 3.63) is 12.7 Å². The molecule has 0 saturated carbocycles. The largest absolute Gasteiger partial charge is 0.469 e. The second-order valence-corrected chi connectivity index (χ2v) is 26.4. The first-order chi connectivity index (χ1) is 12.1. The standard InChI is InChI=1S/C17H40O6Si4/c1-11-17(18)20-15-14-19-13-12-16-27(21-24(2,3)4,22-25(5,6)7)23-26(8,9)10/h11H,1,12-16H2,2-10H3. The van der Waals surface area contributed by atoms with Crippen molar-refractivity contribution >= 4 is 39.7 Å². The fourth-order valence-corrected chi connectivity index (χ4v) is 17.0. The van der Waals surface area contributed by atoms with Gasteiger partial charge in [0.2, 0.25) is 0 Å². The summed E-state index contributed by atoms with van der Waals surface area (Å²) in [6, 6.07) is 0.748. The van der Waals surface area contributed by atoms with Crippen molar-refractivity contribution in [2.24, 2.45) is 0 Å². The summed E-state index contributed by atoms with van der Waals surface area (Å²) in [5.74, 6) is -0.430. The third kappa shape index (κ3) is 15.5. The molecule has 10 heteroatoms. The summed E-state index contributed by atoms with van der Waals surface area (Å²) >= 11 is 0. The molecule has 0 saturated heterocycles. The van der Waals surface area contributed by atoms with Gasteiger partial charge in [0.15, 0.2) is 25.0 Å². The van der Waals surface area contributed by atoms with Gasteiger partial charge in [0.1, 0.15) is 6.61 Å². The van der Waals surface area contributed by atoms with Crippen LogP contribution in [0.2, 0.25) is 65.0 Å². The Morgan fingerprint density at radius 1 is 0.778 bits per heavy atom. The van der Waals surface area contributed by atoms with Gasteiger partial charge in [0, 0.05) is 18.7 Å². The first-order valence-corrected chi connectivity index (χ1v) is 21.7. The number of carbonyl (C=O) groups excluding carboxylic acids is 1. The van der Waals surface area contributed by atoms with Gasteiger partial charge in [-0.2, -0.15) is 0 Å². The molecule has 160 valence electrons. The van der Waals surface area contributed by atoms with Crippen LogP contribution in [0.25, 0.3) is 0 Å². The zero-order valence-corrected chi connectivity index (χ0v) is 22.8. The van der Waals surface area contributed by atoms with E-state index in [0.29, 0.717) is 13.2 Å². The molecule has 0 atom stereocenters. The van der Waals surface area contributed by atoms with E-state index >= 15 is 0 Å². The topological polar surface area (TPSA) is 63.2 Å². The van der Waals surface area contributed by atoms with Crippen LogP contribution in [0.5, 0.6) is 0 Å². The summed E-state index contributed by atoms with van der Waals surface area (Å²) < 4.78 is 30.4. The summed E-state index contributed by atoms with van der Waals surface area (Å²) in [5.41, 5.74) is 0. The van der Waals surface area contributed by atoms with E-state index in [1.54, 1.807) is 0 Å². The molecule has 0 N–H and O–H groups in total. The summed E-state index contributed by atoms with van der Waals surface area (Å²) in [6.45, 7) is 24.1. The highest BCUT2D eigenvalue weighted by molar-refractivity contribution is 6.90. The minimum Gasteiger partial charge on any atom is -0.460 e. The van der Waals surface area contributed by atoms with E-state index in [0.717, 1.165) is 18.5 Å². The third-order valence-electron chi connectivity index (χ3n) is 2.80. The Morgan fingerprint density at radius 3 is 1.59 bits per heavy atom. The highest BCUT2D eigenvalue weighted by Gasteiger charge is 2.49. The van der Waals surface area contributed by atoms with Crippen LogP contribution in [0.15, 0.2) is 12.7 Å². The maximum absolute atomic E-state index is 11.0. The van der Waals surface area contributed by atoms with Gasteiger partial charge in [-0.3, -0.25) is 0 Å². The molecule has 0 aromatic heterocycles. The number of rotatable bonds is 14. The summed E-state index contributed by atoms with van der Waals surface area (Å²) in [5, 5.41) is 0. The highest BCUT2D eigenvalue weighted by Crippen LogP contribution is 2.29. The second-order valence-electron chi connectivity index (χ2n) is 9.41. The highest BCUT2D eigenvalue weighted by atomic mass is 28.5. The van der Waals surface area contributed by atoms with E-state index in [9.17, 15) is 4.79 Å². The van der Waals surface area contributed by atoms with Gasteiger partial charge in [-0.05, 0) is 65.3 Å². The fraction of sp³-hybridized carbons (Fsp3) is 0.824. The van der Waals surface area contributed by atoms with Crippen LogP contribution in [-0.4, -0.2) is 59.5 Å². The Hall–Kier alpha value is -0.0825. The van der Waals surface area contributed by atoms with Gasteiger partial charge in [0.25, 0.3) is 0 Å². The molecule has 0 amide bonds. The zero-order valence-electron chi connectivity index (χ0n) is 18.8. The van der Waals surface area contributed by atoms with Crippen molar-refractivity contribution in [3.63, 3.8) is 0 Å². The van der Waals surface area contributed by atoms with Crippen molar-refractivity contribution in [1.29, 1.82) is 0 Å². The van der Waals surface area contributed by atoms with Gasteiger partial charge in [-0.25, -0.2) is 4.79 Å². The Morgan fingerprint density at radius 2 is 1.22 bits per heavy atom. The van der Waals surface area contributed by atoms with Gasteiger partial charge < -0.3 is 21.8 Å². The van der Waals surface area contributed by atoms with Crippen LogP contribution in [0, 0.1) is 0 Å². The first-order valence-electron chi connectivity index (χ1n) is 9.55. The van der Waals surface area contributed by atoms with Crippen LogP contribution in [0.1, 0.15) is 6.42 Å². The molecule has 0 aromatic rings. The molecule has 0 unspecified atom stereocenters. The Kier molecular flexibility index (Phi) is 11.2. The molecule has 0 radical (unpaired) electrons. The number of hydrogen-bond donors (Lipinski definition) is 0. The lowest BCUT2D eigenvalue weighted by Crippen LogP contribution is -2.60. The Bertz CT molecular complexity index is 425. The average Bonchev–Trinajstić information content (AvgIpc) is 2.39. The lowest BCUT2D eigenvalue weighted by atomic mass is 10.5. The average molecular weight is 453 g/mol. The SMILES string of the molecule is C=CC(=O)OCCOCCC[Si](O[Si](C)(C)C)(O[Si](C)(C)C)O[Si](C)(C)C. The van der Waals surface area contributed by atoms with Crippen molar-refractivity contribution < 1.29 is 26.6 Å². The molecule has 0 heterocycles. The predicted molar refractivity (Wildman–Crippen MR) is 120 cm³/mol. The maximum Gasteiger partial charge on any atom is 0.469 e. The molecule has 0 aromatic carbocycles. The predicted octanol–water partition coefficient (Wildman–Crippen LogP) is 4.62. The quantitative estimate of drug-likeness (QED) is 0.166. The molecule has 0 aliphatic rings. The second kappa shape index (κ2) is 11.2. The maximum atomic E-state index is 11.0. The Balaban J connectivity index is 4.90. The molecule has 0 aliphatic carbocycles. The number of hydrogen-bond acceptors (Lipinski definition) is 6. The summed E-state index contributed by atoms with van der Waals surface area (Å²) in [4.78, 5) is 11.0. The van der Waals surface area contributed by atoms with E-state index in [1.807, 2.05) is 0 Å². The monoisotopic (exact) mass is 452 g/mol. The minimum atomic E-state index is -2.79.